The number of aliphatic carboxylic acids is 1. The number of likely N-dealkylation sites (tertiary alicyclic amines) is 1. The molecule has 2 N–H and O–H groups in total. The summed E-state index contributed by atoms with van der Waals surface area (Å²) in [6, 6.07) is 3.94. The maximum atomic E-state index is 12.7. The summed E-state index contributed by atoms with van der Waals surface area (Å²) < 4.78 is 39.3. The molecule has 1 saturated heterocycles. The van der Waals surface area contributed by atoms with E-state index in [-0.39, 0.29) is 17.0 Å². The number of carbonyl (C=O) groups is 2. The second kappa shape index (κ2) is 9.37. The van der Waals surface area contributed by atoms with Crippen molar-refractivity contribution < 1.29 is 32.3 Å². The van der Waals surface area contributed by atoms with Gasteiger partial charge in [-0.2, -0.15) is 13.2 Å². The van der Waals surface area contributed by atoms with Gasteiger partial charge < -0.3 is 19.4 Å². The first-order valence-electron chi connectivity index (χ1n) is 10.7. The van der Waals surface area contributed by atoms with E-state index in [1.54, 1.807) is 6.26 Å². The molecule has 4 rings (SSSR count). The molecular formula is C21H29F3N6O4. The summed E-state index contributed by atoms with van der Waals surface area (Å²) in [6.07, 6.45) is -2.32. The molecule has 10 nitrogen and oxygen atoms in total. The Balaban J connectivity index is 0.000000406. The smallest absolute Gasteiger partial charge is 0.475 e. The highest BCUT2D eigenvalue weighted by molar-refractivity contribution is 5.91. The third-order valence-corrected chi connectivity index (χ3v) is 5.77. The fourth-order valence-corrected chi connectivity index (χ4v) is 4.12. The molecular weight excluding hydrogens is 457 g/mol. The number of nitrogens with zero attached hydrogens (tertiary/aromatic N) is 5. The lowest BCUT2D eigenvalue weighted by molar-refractivity contribution is -0.192. The summed E-state index contributed by atoms with van der Waals surface area (Å²) in [5.41, 5.74) is -0.321. The van der Waals surface area contributed by atoms with Crippen LogP contribution >= 0.6 is 0 Å². The van der Waals surface area contributed by atoms with Crippen LogP contribution in [0.4, 0.5) is 13.2 Å². The molecule has 2 aliphatic heterocycles. The highest BCUT2D eigenvalue weighted by Crippen LogP contribution is 2.34. The van der Waals surface area contributed by atoms with Crippen LogP contribution in [0.5, 0.6) is 0 Å². The topological polar surface area (TPSA) is 117 Å². The molecule has 0 aliphatic carbocycles. The molecule has 0 bridgehead atoms. The summed E-state index contributed by atoms with van der Waals surface area (Å²) in [5, 5.41) is 18.6. The minimum atomic E-state index is -5.08. The molecule has 13 heteroatoms. The molecule has 188 valence electrons. The van der Waals surface area contributed by atoms with Gasteiger partial charge in [0.1, 0.15) is 11.6 Å². The van der Waals surface area contributed by atoms with Crippen molar-refractivity contribution in [2.45, 2.75) is 64.1 Å². The summed E-state index contributed by atoms with van der Waals surface area (Å²) in [5.74, 6) is -0.664. The number of likely N-dealkylation sites (N-methyl/N-ethyl adjacent to an activating group) is 1. The fraction of sp³-hybridized carbons (Fsp3) is 0.619. The zero-order valence-corrected chi connectivity index (χ0v) is 19.5. The molecule has 1 fully saturated rings. The van der Waals surface area contributed by atoms with Gasteiger partial charge in [-0.05, 0) is 46.4 Å². The lowest BCUT2D eigenvalue weighted by Crippen LogP contribution is -2.55. The van der Waals surface area contributed by atoms with E-state index >= 15 is 0 Å². The quantitative estimate of drug-likeness (QED) is 0.678. The average Bonchev–Trinajstić information content (AvgIpc) is 3.43. The van der Waals surface area contributed by atoms with Gasteiger partial charge in [0.05, 0.1) is 24.9 Å². The maximum Gasteiger partial charge on any atom is 0.490 e. The highest BCUT2D eigenvalue weighted by atomic mass is 19.4. The van der Waals surface area contributed by atoms with Crippen molar-refractivity contribution >= 4 is 11.9 Å². The zero-order valence-electron chi connectivity index (χ0n) is 19.5. The molecule has 1 spiro atoms. The van der Waals surface area contributed by atoms with Crippen LogP contribution in [0.15, 0.2) is 22.8 Å². The average molecular weight is 486 g/mol. The Kier molecular flexibility index (Phi) is 7.08. The van der Waals surface area contributed by atoms with Gasteiger partial charge >= 0.3 is 12.1 Å². The number of carboxylic acids is 1. The number of rotatable bonds is 3. The number of carbonyl (C=O) groups excluding carboxylic acids is 1. The highest BCUT2D eigenvalue weighted by Gasteiger charge is 2.46. The van der Waals surface area contributed by atoms with Crippen LogP contribution < -0.4 is 5.32 Å². The van der Waals surface area contributed by atoms with Crippen LogP contribution in [-0.2, 0) is 24.4 Å². The van der Waals surface area contributed by atoms with Gasteiger partial charge in [0.25, 0.3) is 5.91 Å². The number of alkyl halides is 3. The van der Waals surface area contributed by atoms with Gasteiger partial charge in [-0.3, -0.25) is 14.6 Å². The van der Waals surface area contributed by atoms with E-state index in [9.17, 15) is 18.0 Å². The molecule has 34 heavy (non-hydrogen) atoms. The number of carboxylic acid groups (broad SMARTS) is 1. The lowest BCUT2D eigenvalue weighted by Gasteiger charge is -2.42. The molecule has 1 amide bonds. The number of halogens is 3. The van der Waals surface area contributed by atoms with E-state index in [0.717, 1.165) is 44.2 Å². The molecule has 2 aromatic heterocycles. The first-order valence-corrected chi connectivity index (χ1v) is 10.7. The van der Waals surface area contributed by atoms with Crippen molar-refractivity contribution in [3.8, 4) is 0 Å². The number of hydrogen-bond donors (Lipinski definition) is 2. The summed E-state index contributed by atoms with van der Waals surface area (Å²) >= 11 is 0. The third-order valence-electron chi connectivity index (χ3n) is 5.77. The van der Waals surface area contributed by atoms with Gasteiger partial charge in [-0.1, -0.05) is 0 Å². The molecule has 4 heterocycles. The lowest BCUT2D eigenvalue weighted by atomic mass is 9.94. The van der Waals surface area contributed by atoms with Gasteiger partial charge in [-0.25, -0.2) is 4.79 Å². The predicted octanol–water partition coefficient (Wildman–Crippen LogP) is 2.12. The molecule has 1 atom stereocenters. The number of nitrogens with one attached hydrogen (secondary N) is 1. The monoisotopic (exact) mass is 486 g/mol. The Morgan fingerprint density at radius 2 is 1.91 bits per heavy atom. The number of furan rings is 1. The Labute approximate surface area is 194 Å². The minimum absolute atomic E-state index is 0.0151. The fourth-order valence-electron chi connectivity index (χ4n) is 4.12. The molecule has 0 aromatic carbocycles. The van der Waals surface area contributed by atoms with Crippen molar-refractivity contribution in [2.24, 2.45) is 0 Å². The van der Waals surface area contributed by atoms with Crippen molar-refractivity contribution in [1.82, 2.24) is 29.9 Å². The molecule has 1 unspecified atom stereocenters. The standard InChI is InChI=1S/C19H28N6O2.C2HF3O2/c1-18(2,3)20-17(26)16-22-21-15-11-23(4)19(13-25(15)16)7-8-24(12-19)10-14-6-5-9-27-14;3-2(4,5)1(6)7/h5-6,9H,7-8,10-13H2,1-4H3,(H,20,26);(H,6,7). The van der Waals surface area contributed by atoms with Gasteiger partial charge in [-0.15, -0.1) is 10.2 Å². The van der Waals surface area contributed by atoms with E-state index in [4.69, 9.17) is 14.3 Å². The Morgan fingerprint density at radius 1 is 1.24 bits per heavy atom. The van der Waals surface area contributed by atoms with Gasteiger partial charge in [0, 0.05) is 25.2 Å². The van der Waals surface area contributed by atoms with Gasteiger partial charge in [0.2, 0.25) is 5.82 Å². The van der Waals surface area contributed by atoms with Crippen LogP contribution in [0.3, 0.4) is 0 Å². The van der Waals surface area contributed by atoms with Crippen LogP contribution in [0.2, 0.25) is 0 Å². The Hall–Kier alpha value is -2.93. The third kappa shape index (κ3) is 5.95. The molecule has 2 aromatic rings. The summed E-state index contributed by atoms with van der Waals surface area (Å²) in [4.78, 5) is 26.4. The predicted molar refractivity (Wildman–Crippen MR) is 114 cm³/mol. The molecule has 0 saturated carbocycles. The SMILES string of the molecule is CN1Cc2nnc(C(=O)NC(C)(C)C)n2CC12CCN(Cc1ccco1)C2.O=C(O)C(F)(F)F. The summed E-state index contributed by atoms with van der Waals surface area (Å²) in [6.45, 7) is 10.1. The number of fused-ring (bicyclic) bond motifs is 1. The van der Waals surface area contributed by atoms with E-state index in [0.29, 0.717) is 12.4 Å². The van der Waals surface area contributed by atoms with Crippen LogP contribution in [-0.4, -0.2) is 78.9 Å². The number of amides is 1. The Bertz CT molecular complexity index is 1010. The van der Waals surface area contributed by atoms with Crippen LogP contribution in [0.25, 0.3) is 0 Å². The van der Waals surface area contributed by atoms with Crippen molar-refractivity contribution in [1.29, 1.82) is 0 Å². The molecule has 0 radical (unpaired) electrons. The van der Waals surface area contributed by atoms with E-state index < -0.39 is 12.1 Å². The largest absolute Gasteiger partial charge is 0.490 e. The summed E-state index contributed by atoms with van der Waals surface area (Å²) in [7, 11) is 2.14. The Morgan fingerprint density at radius 3 is 2.47 bits per heavy atom. The zero-order chi connectivity index (χ0) is 25.3. The maximum absolute atomic E-state index is 12.7. The molecule has 2 aliphatic rings. The number of aromatic nitrogens is 3. The minimum Gasteiger partial charge on any atom is -0.475 e. The van der Waals surface area contributed by atoms with E-state index in [1.807, 2.05) is 37.5 Å². The van der Waals surface area contributed by atoms with Crippen molar-refractivity contribution in [3.63, 3.8) is 0 Å². The van der Waals surface area contributed by atoms with Crippen molar-refractivity contribution in [2.75, 3.05) is 20.1 Å². The first kappa shape index (κ1) is 25.7. The second-order valence-corrected chi connectivity index (χ2v) is 9.65. The first-order chi connectivity index (χ1) is 15.7. The number of hydrogen-bond acceptors (Lipinski definition) is 7. The van der Waals surface area contributed by atoms with Crippen LogP contribution in [0.1, 0.15) is 49.4 Å². The van der Waals surface area contributed by atoms with E-state index in [1.165, 1.54) is 0 Å². The second-order valence-electron chi connectivity index (χ2n) is 9.65. The van der Waals surface area contributed by atoms with Crippen LogP contribution in [0, 0.1) is 0 Å². The van der Waals surface area contributed by atoms with E-state index in [2.05, 4.69) is 32.4 Å². The van der Waals surface area contributed by atoms with Gasteiger partial charge in [0.15, 0.2) is 0 Å². The normalized spacial score (nSPS) is 21.1. The van der Waals surface area contributed by atoms with Crippen molar-refractivity contribution in [3.05, 3.63) is 35.8 Å².